The minimum atomic E-state index is -0.573. The second kappa shape index (κ2) is 7.98. The van der Waals surface area contributed by atoms with Crippen LogP contribution < -0.4 is 5.43 Å². The Hall–Kier alpha value is -3.23. The van der Waals surface area contributed by atoms with Gasteiger partial charge in [0, 0.05) is 17.8 Å². The molecule has 3 rings (SSSR count). The SMILES string of the molecule is O=C(NN=Cc1ccc(-c2ccc(Cl)c([N+](=O)[O-])c2)o1)c1cccnc1Cl. The molecule has 0 unspecified atom stereocenters. The van der Waals surface area contributed by atoms with Gasteiger partial charge in [-0.3, -0.25) is 14.9 Å². The van der Waals surface area contributed by atoms with Gasteiger partial charge >= 0.3 is 0 Å². The number of halogens is 2. The van der Waals surface area contributed by atoms with E-state index in [1.54, 1.807) is 24.3 Å². The highest BCUT2D eigenvalue weighted by molar-refractivity contribution is 6.33. The van der Waals surface area contributed by atoms with Crippen LogP contribution >= 0.6 is 23.2 Å². The smallest absolute Gasteiger partial charge is 0.288 e. The molecule has 1 amide bonds. The van der Waals surface area contributed by atoms with Crippen molar-refractivity contribution in [2.75, 3.05) is 0 Å². The number of hydrogen-bond acceptors (Lipinski definition) is 6. The van der Waals surface area contributed by atoms with Crippen LogP contribution in [0.3, 0.4) is 0 Å². The number of nitro benzene ring substituents is 1. The summed E-state index contributed by atoms with van der Waals surface area (Å²) < 4.78 is 5.55. The van der Waals surface area contributed by atoms with E-state index in [9.17, 15) is 14.9 Å². The van der Waals surface area contributed by atoms with Gasteiger partial charge < -0.3 is 4.42 Å². The zero-order valence-electron chi connectivity index (χ0n) is 13.4. The first kappa shape index (κ1) is 18.6. The summed E-state index contributed by atoms with van der Waals surface area (Å²) in [6.07, 6.45) is 2.75. The molecule has 3 aromatic rings. The highest BCUT2D eigenvalue weighted by Gasteiger charge is 2.15. The number of rotatable bonds is 5. The topological polar surface area (TPSA) is 111 Å². The summed E-state index contributed by atoms with van der Waals surface area (Å²) in [6, 6.07) is 10.6. The number of aromatic nitrogens is 1. The minimum Gasteiger partial charge on any atom is -0.455 e. The van der Waals surface area contributed by atoms with Gasteiger partial charge in [0.2, 0.25) is 0 Å². The zero-order valence-corrected chi connectivity index (χ0v) is 14.9. The van der Waals surface area contributed by atoms with Gasteiger partial charge in [-0.1, -0.05) is 23.2 Å². The Labute approximate surface area is 162 Å². The summed E-state index contributed by atoms with van der Waals surface area (Å²) in [4.78, 5) is 26.2. The Bertz CT molecular complexity index is 1050. The number of hydrogen-bond donors (Lipinski definition) is 1. The van der Waals surface area contributed by atoms with Crippen molar-refractivity contribution in [2.24, 2.45) is 5.10 Å². The van der Waals surface area contributed by atoms with Crippen LogP contribution in [0.4, 0.5) is 5.69 Å². The molecule has 0 saturated heterocycles. The largest absolute Gasteiger partial charge is 0.455 e. The molecule has 10 heteroatoms. The second-order valence-electron chi connectivity index (χ2n) is 5.17. The van der Waals surface area contributed by atoms with Gasteiger partial charge in [-0.25, -0.2) is 10.4 Å². The number of nitrogens with one attached hydrogen (secondary N) is 1. The number of amides is 1. The fourth-order valence-corrected chi connectivity index (χ4v) is 2.55. The Morgan fingerprint density at radius 2 is 2.07 bits per heavy atom. The van der Waals surface area contributed by atoms with Crippen molar-refractivity contribution in [1.82, 2.24) is 10.4 Å². The third-order valence-corrected chi connectivity index (χ3v) is 4.04. The quantitative estimate of drug-likeness (QED) is 0.294. The Morgan fingerprint density at radius 1 is 1.26 bits per heavy atom. The molecule has 0 bridgehead atoms. The molecule has 0 fully saturated rings. The lowest BCUT2D eigenvalue weighted by atomic mass is 10.1. The van der Waals surface area contributed by atoms with Crippen LogP contribution in [0.15, 0.2) is 58.2 Å². The van der Waals surface area contributed by atoms with Crippen molar-refractivity contribution in [3.8, 4) is 11.3 Å². The Kier molecular flexibility index (Phi) is 5.49. The van der Waals surface area contributed by atoms with E-state index in [4.69, 9.17) is 27.6 Å². The summed E-state index contributed by atoms with van der Waals surface area (Å²) >= 11 is 11.6. The summed E-state index contributed by atoms with van der Waals surface area (Å²) in [5, 5.41) is 14.9. The zero-order chi connectivity index (χ0) is 19.4. The van der Waals surface area contributed by atoms with Gasteiger partial charge in [-0.15, -0.1) is 0 Å². The summed E-state index contributed by atoms with van der Waals surface area (Å²) in [6.45, 7) is 0. The van der Waals surface area contributed by atoms with Crippen molar-refractivity contribution < 1.29 is 14.1 Å². The number of nitro groups is 1. The Balaban J connectivity index is 1.72. The first-order valence-electron chi connectivity index (χ1n) is 7.44. The van der Waals surface area contributed by atoms with Crippen LogP contribution in [-0.2, 0) is 0 Å². The van der Waals surface area contributed by atoms with E-state index in [0.717, 1.165) is 0 Å². The van der Waals surface area contributed by atoms with Crippen LogP contribution in [-0.4, -0.2) is 22.0 Å². The fourth-order valence-electron chi connectivity index (χ4n) is 2.15. The molecular weight excluding hydrogens is 395 g/mol. The molecule has 1 N–H and O–H groups in total. The second-order valence-corrected chi connectivity index (χ2v) is 5.93. The predicted molar refractivity (Wildman–Crippen MR) is 100 cm³/mol. The van der Waals surface area contributed by atoms with Gasteiger partial charge in [0.1, 0.15) is 21.7 Å². The van der Waals surface area contributed by atoms with Crippen molar-refractivity contribution in [2.45, 2.75) is 0 Å². The molecule has 2 aromatic heterocycles. The van der Waals surface area contributed by atoms with E-state index in [2.05, 4.69) is 15.5 Å². The van der Waals surface area contributed by atoms with Gasteiger partial charge in [-0.05, 0) is 36.4 Å². The number of furan rings is 1. The van der Waals surface area contributed by atoms with Crippen molar-refractivity contribution in [1.29, 1.82) is 0 Å². The molecule has 2 heterocycles. The van der Waals surface area contributed by atoms with Crippen LogP contribution in [0, 0.1) is 10.1 Å². The average Bonchev–Trinajstić information content (AvgIpc) is 3.11. The maximum atomic E-state index is 12.0. The lowest BCUT2D eigenvalue weighted by Gasteiger charge is -2.00. The van der Waals surface area contributed by atoms with Crippen molar-refractivity contribution in [3.63, 3.8) is 0 Å². The van der Waals surface area contributed by atoms with E-state index >= 15 is 0 Å². The number of nitrogens with zero attached hydrogens (tertiary/aromatic N) is 3. The van der Waals surface area contributed by atoms with E-state index in [-0.39, 0.29) is 21.4 Å². The van der Waals surface area contributed by atoms with Crippen molar-refractivity contribution >= 4 is 41.0 Å². The van der Waals surface area contributed by atoms with E-state index in [1.807, 2.05) is 0 Å². The van der Waals surface area contributed by atoms with Crippen LogP contribution in [0.5, 0.6) is 0 Å². The molecule has 0 aliphatic heterocycles. The molecule has 0 aliphatic rings. The normalized spacial score (nSPS) is 10.9. The van der Waals surface area contributed by atoms with Gasteiger partial charge in [0.25, 0.3) is 11.6 Å². The fraction of sp³-hybridized carbons (Fsp3) is 0. The van der Waals surface area contributed by atoms with E-state index in [1.165, 1.54) is 30.6 Å². The first-order chi connectivity index (χ1) is 13.0. The van der Waals surface area contributed by atoms with E-state index in [0.29, 0.717) is 17.1 Å². The Morgan fingerprint density at radius 3 is 2.81 bits per heavy atom. The number of carbonyl (C=O) groups excluding carboxylic acids is 1. The molecule has 0 spiro atoms. The summed E-state index contributed by atoms with van der Waals surface area (Å²) in [5.41, 5.74) is 2.76. The van der Waals surface area contributed by atoms with Crippen LogP contribution in [0.25, 0.3) is 11.3 Å². The third-order valence-electron chi connectivity index (χ3n) is 3.42. The molecule has 136 valence electrons. The molecule has 27 heavy (non-hydrogen) atoms. The van der Waals surface area contributed by atoms with Crippen LogP contribution in [0.1, 0.15) is 16.1 Å². The predicted octanol–water partition coefficient (Wildman–Crippen LogP) is 4.32. The van der Waals surface area contributed by atoms with E-state index < -0.39 is 10.8 Å². The molecule has 0 aliphatic carbocycles. The highest BCUT2D eigenvalue weighted by Crippen LogP contribution is 2.31. The minimum absolute atomic E-state index is 0.0360. The van der Waals surface area contributed by atoms with Crippen molar-refractivity contribution in [3.05, 3.63) is 80.3 Å². The number of carbonyl (C=O) groups is 1. The van der Waals surface area contributed by atoms with Gasteiger partial charge in [-0.2, -0.15) is 5.10 Å². The van der Waals surface area contributed by atoms with Crippen LogP contribution in [0.2, 0.25) is 10.2 Å². The number of pyridine rings is 1. The molecule has 0 saturated carbocycles. The lowest BCUT2D eigenvalue weighted by Crippen LogP contribution is -2.18. The first-order valence-corrected chi connectivity index (χ1v) is 8.19. The maximum absolute atomic E-state index is 12.0. The van der Waals surface area contributed by atoms with Gasteiger partial charge in [0.05, 0.1) is 16.7 Å². The monoisotopic (exact) mass is 404 g/mol. The standard InChI is InChI=1S/C17H10Cl2N4O4/c18-13-5-3-10(8-14(13)23(25)26)15-6-4-11(27-15)9-21-22-17(24)12-2-1-7-20-16(12)19/h1-9H,(H,22,24). The highest BCUT2D eigenvalue weighted by atomic mass is 35.5. The number of hydrazone groups is 1. The third kappa shape index (κ3) is 4.30. The molecule has 0 atom stereocenters. The molecule has 8 nitrogen and oxygen atoms in total. The van der Waals surface area contributed by atoms with Gasteiger partial charge in [0.15, 0.2) is 0 Å². The average molecular weight is 405 g/mol. The molecular formula is C17H10Cl2N4O4. The maximum Gasteiger partial charge on any atom is 0.288 e. The summed E-state index contributed by atoms with van der Waals surface area (Å²) in [5.74, 6) is 0.197. The summed E-state index contributed by atoms with van der Waals surface area (Å²) in [7, 11) is 0. The molecule has 0 radical (unpaired) electrons. The number of benzene rings is 1. The lowest BCUT2D eigenvalue weighted by molar-refractivity contribution is -0.384. The molecule has 1 aromatic carbocycles.